The second-order valence-electron chi connectivity index (χ2n) is 7.84. The second-order valence-corrected chi connectivity index (χ2v) is 7.84. The largest absolute Gasteiger partial charge is 0.340 e. The molecule has 0 aliphatic carbocycles. The predicted molar refractivity (Wildman–Crippen MR) is 122 cm³/mol. The molecule has 1 atom stereocenters. The van der Waals surface area contributed by atoms with E-state index in [2.05, 4.69) is 15.3 Å². The Morgan fingerprint density at radius 2 is 1.73 bits per heavy atom. The normalized spacial score (nSPS) is 15.4. The maximum Gasteiger partial charge on any atom is 0.253 e. The molecule has 1 aliphatic rings. The standard InChI is InChI=1S/C25H21FN6O/c26-20-2-1-3-21(14-20)29-23-15-22(17-4-9-27-10-5-17)30-24(31-23)19-8-13-32(16-19)25(33)18-6-11-28-12-7-18/h1-7,9-12,14-15,19H,8,13,16H2,(H,29,30,31). The van der Waals surface area contributed by atoms with Gasteiger partial charge in [0.15, 0.2) is 0 Å². The highest BCUT2D eigenvalue weighted by molar-refractivity contribution is 5.94. The first-order valence-electron chi connectivity index (χ1n) is 10.7. The van der Waals surface area contributed by atoms with Crippen LogP contribution in [0.1, 0.15) is 28.5 Å². The SMILES string of the molecule is O=C(c1ccncc1)N1CCC(c2nc(Nc3cccc(F)c3)cc(-c3ccncc3)n2)C1. The first-order chi connectivity index (χ1) is 16.2. The predicted octanol–water partition coefficient (Wildman–Crippen LogP) is 4.45. The molecule has 1 aromatic carbocycles. The topological polar surface area (TPSA) is 83.9 Å². The van der Waals surface area contributed by atoms with E-state index >= 15 is 0 Å². The molecule has 0 radical (unpaired) electrons. The van der Waals surface area contributed by atoms with Gasteiger partial charge in [-0.1, -0.05) is 6.07 Å². The summed E-state index contributed by atoms with van der Waals surface area (Å²) in [5.41, 5.74) is 2.85. The molecule has 0 spiro atoms. The van der Waals surface area contributed by atoms with Crippen LogP contribution in [0.3, 0.4) is 0 Å². The maximum absolute atomic E-state index is 13.7. The number of hydrogen-bond acceptors (Lipinski definition) is 6. The first-order valence-corrected chi connectivity index (χ1v) is 10.7. The van der Waals surface area contributed by atoms with Crippen LogP contribution in [0, 0.1) is 5.82 Å². The summed E-state index contributed by atoms with van der Waals surface area (Å²) in [6.07, 6.45) is 7.41. The fraction of sp³-hybridized carbons (Fsp3) is 0.160. The van der Waals surface area contributed by atoms with E-state index in [-0.39, 0.29) is 17.6 Å². The van der Waals surface area contributed by atoms with Gasteiger partial charge < -0.3 is 10.2 Å². The number of nitrogens with zero attached hydrogens (tertiary/aromatic N) is 5. The summed E-state index contributed by atoms with van der Waals surface area (Å²) >= 11 is 0. The van der Waals surface area contributed by atoms with E-state index in [1.165, 1.54) is 12.1 Å². The molecular weight excluding hydrogens is 419 g/mol. The van der Waals surface area contributed by atoms with E-state index < -0.39 is 0 Å². The van der Waals surface area contributed by atoms with E-state index in [4.69, 9.17) is 9.97 Å². The summed E-state index contributed by atoms with van der Waals surface area (Å²) in [4.78, 5) is 32.3. The average Bonchev–Trinajstić information content (AvgIpc) is 3.35. The first kappa shape index (κ1) is 20.7. The summed E-state index contributed by atoms with van der Waals surface area (Å²) in [5.74, 6) is 0.850. The minimum atomic E-state index is -0.329. The molecule has 7 nitrogen and oxygen atoms in total. The van der Waals surface area contributed by atoms with E-state index in [1.807, 2.05) is 23.1 Å². The minimum absolute atomic E-state index is 0.00867. The van der Waals surface area contributed by atoms with Crippen molar-refractivity contribution in [1.82, 2.24) is 24.8 Å². The van der Waals surface area contributed by atoms with Gasteiger partial charge in [0.1, 0.15) is 17.5 Å². The van der Waals surface area contributed by atoms with Gasteiger partial charge in [-0.15, -0.1) is 0 Å². The van der Waals surface area contributed by atoms with E-state index in [0.29, 0.717) is 36.0 Å². The van der Waals surface area contributed by atoms with Crippen molar-refractivity contribution in [3.63, 3.8) is 0 Å². The molecule has 0 bridgehead atoms. The molecule has 5 rings (SSSR count). The van der Waals surface area contributed by atoms with Gasteiger partial charge in [-0.05, 0) is 48.9 Å². The number of hydrogen-bond donors (Lipinski definition) is 1. The Kier molecular flexibility index (Phi) is 5.72. The Labute approximate surface area is 190 Å². The van der Waals surface area contributed by atoms with E-state index in [1.54, 1.807) is 49.1 Å². The number of carbonyl (C=O) groups excluding carboxylic acids is 1. The van der Waals surface area contributed by atoms with Crippen LogP contribution in [-0.2, 0) is 0 Å². The lowest BCUT2D eigenvalue weighted by Crippen LogP contribution is -2.28. The van der Waals surface area contributed by atoms with Gasteiger partial charge in [-0.25, -0.2) is 14.4 Å². The molecule has 1 N–H and O–H groups in total. The van der Waals surface area contributed by atoms with Crippen LogP contribution in [0.2, 0.25) is 0 Å². The Balaban J connectivity index is 1.44. The van der Waals surface area contributed by atoms with Crippen molar-refractivity contribution in [3.05, 3.63) is 96.6 Å². The van der Waals surface area contributed by atoms with E-state index in [0.717, 1.165) is 17.7 Å². The highest BCUT2D eigenvalue weighted by Gasteiger charge is 2.30. The molecule has 1 aliphatic heterocycles. The van der Waals surface area contributed by atoms with Crippen LogP contribution in [0.4, 0.5) is 15.9 Å². The van der Waals surface area contributed by atoms with Crippen molar-refractivity contribution in [2.45, 2.75) is 12.3 Å². The Bertz CT molecular complexity index is 1270. The molecule has 0 saturated carbocycles. The minimum Gasteiger partial charge on any atom is -0.340 e. The molecule has 4 aromatic rings. The smallest absolute Gasteiger partial charge is 0.253 e. The lowest BCUT2D eigenvalue weighted by molar-refractivity contribution is 0.0790. The molecule has 8 heteroatoms. The van der Waals surface area contributed by atoms with Crippen LogP contribution in [-0.4, -0.2) is 43.8 Å². The fourth-order valence-corrected chi connectivity index (χ4v) is 3.93. The molecule has 33 heavy (non-hydrogen) atoms. The van der Waals surface area contributed by atoms with Gasteiger partial charge in [-0.3, -0.25) is 14.8 Å². The second kappa shape index (κ2) is 9.12. The average molecular weight is 440 g/mol. The number of aromatic nitrogens is 4. The van der Waals surface area contributed by atoms with Crippen LogP contribution >= 0.6 is 0 Å². The van der Waals surface area contributed by atoms with Gasteiger partial charge in [0.05, 0.1) is 5.69 Å². The number of pyridine rings is 2. The van der Waals surface area contributed by atoms with Crippen molar-refractivity contribution < 1.29 is 9.18 Å². The molecule has 3 aromatic heterocycles. The van der Waals surface area contributed by atoms with Crippen LogP contribution in [0.5, 0.6) is 0 Å². The lowest BCUT2D eigenvalue weighted by Gasteiger charge is -2.17. The van der Waals surface area contributed by atoms with Crippen molar-refractivity contribution in [2.75, 3.05) is 18.4 Å². The number of halogens is 1. The molecule has 164 valence electrons. The van der Waals surface area contributed by atoms with Gasteiger partial charge in [0, 0.05) is 66.7 Å². The molecular formula is C25H21FN6O. The van der Waals surface area contributed by atoms with Crippen LogP contribution < -0.4 is 5.32 Å². The van der Waals surface area contributed by atoms with Crippen molar-refractivity contribution in [2.24, 2.45) is 0 Å². The molecule has 1 fully saturated rings. The number of anilines is 2. The van der Waals surface area contributed by atoms with E-state index in [9.17, 15) is 9.18 Å². The number of nitrogens with one attached hydrogen (secondary N) is 1. The van der Waals surface area contributed by atoms with Gasteiger partial charge in [-0.2, -0.15) is 0 Å². The van der Waals surface area contributed by atoms with Crippen molar-refractivity contribution in [3.8, 4) is 11.3 Å². The summed E-state index contributed by atoms with van der Waals surface area (Å²) in [6.45, 7) is 1.15. The van der Waals surface area contributed by atoms with Gasteiger partial charge >= 0.3 is 0 Å². The summed E-state index contributed by atoms with van der Waals surface area (Å²) < 4.78 is 13.7. The van der Waals surface area contributed by atoms with Crippen molar-refractivity contribution in [1.29, 1.82) is 0 Å². The zero-order valence-electron chi connectivity index (χ0n) is 17.7. The number of amides is 1. The zero-order chi connectivity index (χ0) is 22.6. The van der Waals surface area contributed by atoms with Gasteiger partial charge in [0.2, 0.25) is 0 Å². The number of carbonyl (C=O) groups is 1. The third-order valence-electron chi connectivity index (χ3n) is 5.58. The number of rotatable bonds is 5. The Morgan fingerprint density at radius 1 is 0.970 bits per heavy atom. The number of benzene rings is 1. The van der Waals surface area contributed by atoms with Gasteiger partial charge in [0.25, 0.3) is 5.91 Å². The third-order valence-corrected chi connectivity index (χ3v) is 5.58. The van der Waals surface area contributed by atoms with Crippen molar-refractivity contribution >= 4 is 17.4 Å². The quantitative estimate of drug-likeness (QED) is 0.494. The molecule has 1 saturated heterocycles. The highest BCUT2D eigenvalue weighted by atomic mass is 19.1. The lowest BCUT2D eigenvalue weighted by atomic mass is 10.1. The monoisotopic (exact) mass is 440 g/mol. The van der Waals surface area contributed by atoms with Crippen LogP contribution in [0.15, 0.2) is 79.4 Å². The molecule has 1 amide bonds. The highest BCUT2D eigenvalue weighted by Crippen LogP contribution is 2.30. The molecule has 4 heterocycles. The summed E-state index contributed by atoms with van der Waals surface area (Å²) in [7, 11) is 0. The third kappa shape index (κ3) is 4.69. The fourth-order valence-electron chi connectivity index (χ4n) is 3.93. The summed E-state index contributed by atoms with van der Waals surface area (Å²) in [6, 6.07) is 15.3. The number of likely N-dealkylation sites (tertiary alicyclic amines) is 1. The van der Waals surface area contributed by atoms with Crippen LogP contribution in [0.25, 0.3) is 11.3 Å². The zero-order valence-corrected chi connectivity index (χ0v) is 17.7. The summed E-state index contributed by atoms with van der Waals surface area (Å²) in [5, 5.41) is 3.18. The molecule has 1 unspecified atom stereocenters. The Hall–Kier alpha value is -4.20. The Morgan fingerprint density at radius 3 is 2.48 bits per heavy atom. The maximum atomic E-state index is 13.7.